The van der Waals surface area contributed by atoms with Crippen LogP contribution in [0.1, 0.15) is 39.2 Å². The van der Waals surface area contributed by atoms with Crippen LogP contribution in [0.3, 0.4) is 0 Å². The molecule has 0 radical (unpaired) electrons. The number of nitrogens with two attached hydrogens (primary N) is 1. The van der Waals surface area contributed by atoms with Crippen LogP contribution < -0.4 is 10.6 Å². The molecule has 2 aliphatic rings. The van der Waals surface area contributed by atoms with Crippen LogP contribution in [-0.4, -0.2) is 18.6 Å². The van der Waals surface area contributed by atoms with Crippen LogP contribution in [-0.2, 0) is 6.42 Å². The lowest BCUT2D eigenvalue weighted by molar-refractivity contribution is 0.262. The summed E-state index contributed by atoms with van der Waals surface area (Å²) in [5, 5.41) is 0. The van der Waals surface area contributed by atoms with Crippen LogP contribution in [0.15, 0.2) is 24.3 Å². The highest BCUT2D eigenvalue weighted by molar-refractivity contribution is 5.58. The Kier molecular flexibility index (Phi) is 2.90. The van der Waals surface area contributed by atoms with Gasteiger partial charge in [0.2, 0.25) is 0 Å². The monoisotopic (exact) mass is 258 g/mol. The Morgan fingerprint density at radius 1 is 1.37 bits per heavy atom. The lowest BCUT2D eigenvalue weighted by Crippen LogP contribution is -2.59. The van der Waals surface area contributed by atoms with Gasteiger partial charge in [-0.15, -0.1) is 0 Å². The molecular weight excluding hydrogens is 232 g/mol. The summed E-state index contributed by atoms with van der Waals surface area (Å²) in [6.45, 7) is 9.01. The van der Waals surface area contributed by atoms with Crippen molar-refractivity contribution in [3.8, 4) is 0 Å². The third-order valence-electron chi connectivity index (χ3n) is 5.64. The van der Waals surface area contributed by atoms with E-state index in [1.54, 1.807) is 0 Å². The Balaban J connectivity index is 2.05. The van der Waals surface area contributed by atoms with E-state index in [2.05, 4.69) is 49.9 Å². The molecule has 104 valence electrons. The maximum Gasteiger partial charge on any atom is 0.0549 e. The number of fused-ring (bicyclic) bond motifs is 1. The second kappa shape index (κ2) is 4.24. The van der Waals surface area contributed by atoms with Gasteiger partial charge in [-0.25, -0.2) is 0 Å². The van der Waals surface area contributed by atoms with E-state index in [-0.39, 0.29) is 5.54 Å². The molecule has 19 heavy (non-hydrogen) atoms. The number of hydrogen-bond donors (Lipinski definition) is 1. The van der Waals surface area contributed by atoms with E-state index < -0.39 is 0 Å². The fourth-order valence-electron chi connectivity index (χ4n) is 3.67. The maximum atomic E-state index is 6.22. The topological polar surface area (TPSA) is 29.3 Å². The molecule has 0 aromatic heterocycles. The van der Waals surface area contributed by atoms with E-state index >= 15 is 0 Å². The Morgan fingerprint density at radius 3 is 2.68 bits per heavy atom. The van der Waals surface area contributed by atoms with Crippen LogP contribution in [0.5, 0.6) is 0 Å². The average molecular weight is 258 g/mol. The molecule has 1 fully saturated rings. The van der Waals surface area contributed by atoms with Gasteiger partial charge in [-0.1, -0.05) is 32.0 Å². The van der Waals surface area contributed by atoms with Gasteiger partial charge < -0.3 is 10.6 Å². The Labute approximate surface area is 117 Å². The minimum absolute atomic E-state index is 0.0950. The maximum absolute atomic E-state index is 6.22. The first kappa shape index (κ1) is 13.0. The van der Waals surface area contributed by atoms with Gasteiger partial charge in [0.1, 0.15) is 0 Å². The van der Waals surface area contributed by atoms with Gasteiger partial charge in [-0.3, -0.25) is 0 Å². The molecule has 2 unspecified atom stereocenters. The largest absolute Gasteiger partial charge is 0.364 e. The summed E-state index contributed by atoms with van der Waals surface area (Å²) < 4.78 is 0. The molecule has 0 bridgehead atoms. The third kappa shape index (κ3) is 1.88. The minimum atomic E-state index is 0.0950. The standard InChI is InChI=1S/C17H26N2/c1-13-10-14-6-4-5-7-15(14)19(11-13)17(3,12-18)16(2)8-9-16/h4-7,13H,8-12,18H2,1-3H3. The number of hydrogen-bond acceptors (Lipinski definition) is 2. The summed E-state index contributed by atoms with van der Waals surface area (Å²) in [5.41, 5.74) is 9.62. The van der Waals surface area contributed by atoms with Gasteiger partial charge in [-0.2, -0.15) is 0 Å². The number of benzene rings is 1. The van der Waals surface area contributed by atoms with Crippen molar-refractivity contribution in [1.29, 1.82) is 0 Å². The van der Waals surface area contributed by atoms with E-state index in [9.17, 15) is 0 Å². The first-order valence-corrected chi connectivity index (χ1v) is 7.56. The van der Waals surface area contributed by atoms with Crippen molar-refractivity contribution in [2.24, 2.45) is 17.1 Å². The molecule has 0 spiro atoms. The highest BCUT2D eigenvalue weighted by Crippen LogP contribution is 2.57. The average Bonchev–Trinajstić information content (AvgIpc) is 3.16. The first-order chi connectivity index (χ1) is 9.00. The second-order valence-corrected chi connectivity index (χ2v) is 7.09. The highest BCUT2D eigenvalue weighted by atomic mass is 15.2. The fraction of sp³-hybridized carbons (Fsp3) is 0.647. The number of anilines is 1. The highest BCUT2D eigenvalue weighted by Gasteiger charge is 2.56. The first-order valence-electron chi connectivity index (χ1n) is 7.56. The number of para-hydroxylation sites is 1. The van der Waals surface area contributed by atoms with Crippen molar-refractivity contribution in [1.82, 2.24) is 0 Å². The van der Waals surface area contributed by atoms with Crippen LogP contribution >= 0.6 is 0 Å². The molecule has 1 aliphatic heterocycles. The van der Waals surface area contributed by atoms with E-state index in [0.717, 1.165) is 13.1 Å². The Bertz CT molecular complexity index is 478. The summed E-state index contributed by atoms with van der Waals surface area (Å²) in [7, 11) is 0. The van der Waals surface area contributed by atoms with E-state index in [0.29, 0.717) is 11.3 Å². The van der Waals surface area contributed by atoms with Gasteiger partial charge in [-0.05, 0) is 49.1 Å². The zero-order valence-corrected chi connectivity index (χ0v) is 12.4. The molecule has 1 heterocycles. The van der Waals surface area contributed by atoms with Gasteiger partial charge in [0.15, 0.2) is 0 Å². The molecule has 1 aromatic rings. The second-order valence-electron chi connectivity index (χ2n) is 7.09. The molecule has 2 nitrogen and oxygen atoms in total. The van der Waals surface area contributed by atoms with Crippen molar-refractivity contribution >= 4 is 5.69 Å². The molecular formula is C17H26N2. The number of rotatable bonds is 3. The van der Waals surface area contributed by atoms with E-state index in [1.165, 1.54) is 30.5 Å². The van der Waals surface area contributed by atoms with Gasteiger partial charge in [0.05, 0.1) is 5.54 Å². The minimum Gasteiger partial charge on any atom is -0.364 e. The zero-order valence-electron chi connectivity index (χ0n) is 12.4. The lowest BCUT2D eigenvalue weighted by Gasteiger charge is -2.50. The molecule has 2 N–H and O–H groups in total. The SMILES string of the molecule is CC1Cc2ccccc2N(C(C)(CN)C2(C)CC2)C1. The molecule has 1 aliphatic carbocycles. The van der Waals surface area contributed by atoms with Gasteiger partial charge in [0, 0.05) is 18.8 Å². The summed E-state index contributed by atoms with van der Waals surface area (Å²) in [5.74, 6) is 0.711. The smallest absolute Gasteiger partial charge is 0.0549 e. The normalized spacial score (nSPS) is 27.6. The predicted octanol–water partition coefficient (Wildman–Crippen LogP) is 3.20. The quantitative estimate of drug-likeness (QED) is 0.902. The van der Waals surface area contributed by atoms with Crippen LogP contribution in [0.25, 0.3) is 0 Å². The fourth-order valence-corrected chi connectivity index (χ4v) is 3.67. The Morgan fingerprint density at radius 2 is 2.05 bits per heavy atom. The third-order valence-corrected chi connectivity index (χ3v) is 5.64. The summed E-state index contributed by atoms with van der Waals surface area (Å²) in [4.78, 5) is 2.61. The lowest BCUT2D eigenvalue weighted by atomic mass is 9.79. The van der Waals surface area contributed by atoms with E-state index in [1.807, 2.05) is 0 Å². The summed E-state index contributed by atoms with van der Waals surface area (Å²) in [6, 6.07) is 8.88. The molecule has 2 heteroatoms. The van der Waals surface area contributed by atoms with Crippen LogP contribution in [0, 0.1) is 11.3 Å². The molecule has 0 saturated heterocycles. The van der Waals surface area contributed by atoms with Crippen LogP contribution in [0.4, 0.5) is 5.69 Å². The van der Waals surface area contributed by atoms with Gasteiger partial charge >= 0.3 is 0 Å². The predicted molar refractivity (Wildman–Crippen MR) is 81.5 cm³/mol. The molecule has 0 amide bonds. The number of nitrogens with zero attached hydrogens (tertiary/aromatic N) is 1. The van der Waals surface area contributed by atoms with Crippen molar-refractivity contribution < 1.29 is 0 Å². The molecule has 3 rings (SSSR count). The molecule has 1 saturated carbocycles. The van der Waals surface area contributed by atoms with Gasteiger partial charge in [0.25, 0.3) is 0 Å². The zero-order chi connectivity index (χ0) is 13.7. The van der Waals surface area contributed by atoms with Crippen LogP contribution in [0.2, 0.25) is 0 Å². The molecule has 1 aromatic carbocycles. The van der Waals surface area contributed by atoms with Crippen molar-refractivity contribution in [2.75, 3.05) is 18.0 Å². The summed E-state index contributed by atoms with van der Waals surface area (Å²) >= 11 is 0. The van der Waals surface area contributed by atoms with Crippen molar-refractivity contribution in [3.63, 3.8) is 0 Å². The molecule has 2 atom stereocenters. The van der Waals surface area contributed by atoms with Crippen molar-refractivity contribution in [2.45, 2.75) is 45.6 Å². The summed E-state index contributed by atoms with van der Waals surface area (Å²) in [6.07, 6.45) is 3.82. The Hall–Kier alpha value is -1.02. The van der Waals surface area contributed by atoms with Crippen molar-refractivity contribution in [3.05, 3.63) is 29.8 Å². The van der Waals surface area contributed by atoms with E-state index in [4.69, 9.17) is 5.73 Å².